The van der Waals surface area contributed by atoms with Crippen LogP contribution in [-0.4, -0.2) is 39.5 Å². The summed E-state index contributed by atoms with van der Waals surface area (Å²) < 4.78 is 6.75. The molecule has 0 aliphatic rings. The second kappa shape index (κ2) is 10.6. The van der Waals surface area contributed by atoms with Gasteiger partial charge in [0.25, 0.3) is 0 Å². The summed E-state index contributed by atoms with van der Waals surface area (Å²) in [5, 5.41) is 15.2. The maximum absolute atomic E-state index is 12.7. The van der Waals surface area contributed by atoms with E-state index in [1.165, 1.54) is 30.2 Å². The van der Waals surface area contributed by atoms with Crippen LogP contribution >= 0.6 is 46.3 Å². The number of halogens is 2. The first-order chi connectivity index (χ1) is 16.4. The zero-order chi connectivity index (χ0) is 24.2. The predicted octanol–water partition coefficient (Wildman–Crippen LogP) is 6.03. The van der Waals surface area contributed by atoms with E-state index < -0.39 is 5.97 Å². The minimum Gasteiger partial charge on any atom is -0.465 e. The molecule has 0 bridgehead atoms. The number of ether oxygens (including phenoxy) is 1. The molecule has 0 radical (unpaired) electrons. The van der Waals surface area contributed by atoms with Crippen molar-refractivity contribution >= 4 is 63.2 Å². The maximum Gasteiger partial charge on any atom is 0.341 e. The normalized spacial score (nSPS) is 10.8. The zero-order valence-electron chi connectivity index (χ0n) is 18.0. The molecular formula is C23H18Cl2N4O3S2. The van der Waals surface area contributed by atoms with Crippen molar-refractivity contribution in [2.75, 3.05) is 18.2 Å². The van der Waals surface area contributed by atoms with Crippen molar-refractivity contribution in [3.8, 4) is 22.5 Å². The molecular weight excluding hydrogens is 515 g/mol. The Bertz CT molecular complexity index is 1350. The number of carbonyl (C=O) groups excluding carboxylic acids is 2. The number of aromatic nitrogens is 3. The molecule has 174 valence electrons. The Morgan fingerprint density at radius 2 is 1.85 bits per heavy atom. The maximum atomic E-state index is 12.7. The number of anilines is 1. The first kappa shape index (κ1) is 24.3. The molecule has 34 heavy (non-hydrogen) atoms. The molecule has 0 aliphatic heterocycles. The van der Waals surface area contributed by atoms with Crippen LogP contribution in [0, 0.1) is 0 Å². The smallest absolute Gasteiger partial charge is 0.341 e. The van der Waals surface area contributed by atoms with Crippen molar-refractivity contribution in [1.82, 2.24) is 14.8 Å². The molecule has 1 amide bonds. The van der Waals surface area contributed by atoms with Crippen LogP contribution in [0.2, 0.25) is 10.0 Å². The third-order valence-corrected chi connectivity index (χ3v) is 7.24. The molecule has 0 saturated carbocycles. The SMILES string of the molecule is COC(=O)c1c(-c2ccc(Cl)cc2)csc1NC(=O)CSc1nnc(-c2cccc(Cl)c2)n1C. The lowest BCUT2D eigenvalue weighted by Crippen LogP contribution is -2.16. The Morgan fingerprint density at radius 3 is 2.56 bits per heavy atom. The van der Waals surface area contributed by atoms with Gasteiger partial charge >= 0.3 is 5.97 Å². The van der Waals surface area contributed by atoms with Gasteiger partial charge in [-0.1, -0.05) is 59.2 Å². The number of hydrogen-bond donors (Lipinski definition) is 1. The second-order valence-electron chi connectivity index (χ2n) is 7.06. The molecule has 4 aromatic rings. The van der Waals surface area contributed by atoms with Gasteiger partial charge in [0, 0.05) is 33.6 Å². The van der Waals surface area contributed by atoms with Crippen molar-refractivity contribution in [1.29, 1.82) is 0 Å². The molecule has 2 aromatic carbocycles. The predicted molar refractivity (Wildman–Crippen MR) is 137 cm³/mol. The molecule has 0 unspecified atom stereocenters. The number of methoxy groups -OCH3 is 1. The van der Waals surface area contributed by atoms with Crippen LogP contribution in [0.5, 0.6) is 0 Å². The summed E-state index contributed by atoms with van der Waals surface area (Å²) >= 11 is 14.5. The van der Waals surface area contributed by atoms with E-state index >= 15 is 0 Å². The Kier molecular flexibility index (Phi) is 7.57. The molecule has 11 heteroatoms. The van der Waals surface area contributed by atoms with Gasteiger partial charge in [0.05, 0.1) is 12.9 Å². The summed E-state index contributed by atoms with van der Waals surface area (Å²) in [6.45, 7) is 0. The standard InChI is InChI=1S/C23H18Cl2N4O3S2/c1-29-20(14-4-3-5-16(25)10-14)27-28-23(29)34-12-18(30)26-21-19(22(31)32-2)17(11-33-21)13-6-8-15(24)9-7-13/h3-11H,12H2,1-2H3,(H,26,30). The zero-order valence-corrected chi connectivity index (χ0v) is 21.2. The van der Waals surface area contributed by atoms with Crippen molar-refractivity contribution in [2.45, 2.75) is 5.16 Å². The van der Waals surface area contributed by atoms with Crippen LogP contribution in [0.15, 0.2) is 59.1 Å². The lowest BCUT2D eigenvalue weighted by atomic mass is 10.0. The lowest BCUT2D eigenvalue weighted by Gasteiger charge is -2.08. The molecule has 4 rings (SSSR count). The van der Waals surface area contributed by atoms with Gasteiger partial charge in [-0.2, -0.15) is 0 Å². The first-order valence-corrected chi connectivity index (χ1v) is 12.5. The van der Waals surface area contributed by atoms with E-state index in [-0.39, 0.29) is 11.7 Å². The highest BCUT2D eigenvalue weighted by Gasteiger charge is 2.23. The number of carbonyl (C=O) groups is 2. The van der Waals surface area contributed by atoms with E-state index in [2.05, 4.69) is 15.5 Å². The third kappa shape index (κ3) is 5.28. The average Bonchev–Trinajstić information content (AvgIpc) is 3.41. The fourth-order valence-electron chi connectivity index (χ4n) is 3.21. The largest absolute Gasteiger partial charge is 0.465 e. The summed E-state index contributed by atoms with van der Waals surface area (Å²) in [5.41, 5.74) is 2.59. The van der Waals surface area contributed by atoms with Gasteiger partial charge in [0.15, 0.2) is 11.0 Å². The highest BCUT2D eigenvalue weighted by Crippen LogP contribution is 2.37. The summed E-state index contributed by atoms with van der Waals surface area (Å²) in [6.07, 6.45) is 0. The quantitative estimate of drug-likeness (QED) is 0.231. The highest BCUT2D eigenvalue weighted by molar-refractivity contribution is 7.99. The van der Waals surface area contributed by atoms with Gasteiger partial charge < -0.3 is 14.6 Å². The molecule has 0 saturated heterocycles. The third-order valence-electron chi connectivity index (χ3n) is 4.84. The Balaban J connectivity index is 1.49. The van der Waals surface area contributed by atoms with Gasteiger partial charge in [-0.25, -0.2) is 4.79 Å². The van der Waals surface area contributed by atoms with Gasteiger partial charge in [-0.15, -0.1) is 21.5 Å². The van der Waals surface area contributed by atoms with Crippen LogP contribution in [-0.2, 0) is 16.6 Å². The molecule has 0 fully saturated rings. The second-order valence-corrected chi connectivity index (χ2v) is 9.76. The molecule has 0 atom stereocenters. The monoisotopic (exact) mass is 532 g/mol. The van der Waals surface area contributed by atoms with E-state index in [1.807, 2.05) is 31.3 Å². The molecule has 1 N–H and O–H groups in total. The Labute approximate surface area is 214 Å². The number of esters is 1. The summed E-state index contributed by atoms with van der Waals surface area (Å²) in [4.78, 5) is 25.2. The Morgan fingerprint density at radius 1 is 1.09 bits per heavy atom. The van der Waals surface area contributed by atoms with Crippen molar-refractivity contribution in [3.63, 3.8) is 0 Å². The number of nitrogens with one attached hydrogen (secondary N) is 1. The fourth-order valence-corrected chi connectivity index (χ4v) is 5.21. The average molecular weight is 533 g/mol. The minimum atomic E-state index is -0.534. The van der Waals surface area contributed by atoms with Crippen LogP contribution < -0.4 is 5.32 Å². The van der Waals surface area contributed by atoms with E-state index in [0.717, 1.165) is 11.1 Å². The van der Waals surface area contributed by atoms with Crippen LogP contribution in [0.4, 0.5) is 5.00 Å². The molecule has 2 heterocycles. The summed E-state index contributed by atoms with van der Waals surface area (Å²) in [7, 11) is 3.13. The van der Waals surface area contributed by atoms with Gasteiger partial charge in [0.1, 0.15) is 10.6 Å². The van der Waals surface area contributed by atoms with E-state index in [9.17, 15) is 9.59 Å². The summed E-state index contributed by atoms with van der Waals surface area (Å²) in [5.74, 6) is -0.0964. The number of rotatable bonds is 7. The lowest BCUT2D eigenvalue weighted by molar-refractivity contribution is -0.113. The number of nitrogens with zero attached hydrogens (tertiary/aromatic N) is 3. The van der Waals surface area contributed by atoms with Crippen molar-refractivity contribution in [2.24, 2.45) is 7.05 Å². The van der Waals surface area contributed by atoms with Gasteiger partial charge in [-0.3, -0.25) is 4.79 Å². The first-order valence-electron chi connectivity index (χ1n) is 9.91. The minimum absolute atomic E-state index is 0.0797. The summed E-state index contributed by atoms with van der Waals surface area (Å²) in [6, 6.07) is 14.4. The van der Waals surface area contributed by atoms with Gasteiger partial charge in [-0.05, 0) is 29.8 Å². The van der Waals surface area contributed by atoms with Crippen LogP contribution in [0.25, 0.3) is 22.5 Å². The number of benzene rings is 2. The van der Waals surface area contributed by atoms with E-state index in [1.54, 1.807) is 34.2 Å². The Hall–Kier alpha value is -2.85. The molecule has 0 spiro atoms. The number of thioether (sulfide) groups is 1. The van der Waals surface area contributed by atoms with Crippen molar-refractivity contribution < 1.29 is 14.3 Å². The highest BCUT2D eigenvalue weighted by atomic mass is 35.5. The number of thiophene rings is 1. The molecule has 2 aromatic heterocycles. The number of hydrogen-bond acceptors (Lipinski definition) is 7. The van der Waals surface area contributed by atoms with Crippen molar-refractivity contribution in [3.05, 3.63) is 69.5 Å². The molecule has 0 aliphatic carbocycles. The molecule has 7 nitrogen and oxygen atoms in total. The number of amides is 1. The van der Waals surface area contributed by atoms with E-state index in [0.29, 0.717) is 37.2 Å². The van der Waals surface area contributed by atoms with E-state index in [4.69, 9.17) is 27.9 Å². The van der Waals surface area contributed by atoms with Gasteiger partial charge in [0.2, 0.25) is 5.91 Å². The van der Waals surface area contributed by atoms with Crippen LogP contribution in [0.1, 0.15) is 10.4 Å². The fraction of sp³-hybridized carbons (Fsp3) is 0.130. The van der Waals surface area contributed by atoms with Crippen LogP contribution in [0.3, 0.4) is 0 Å². The topological polar surface area (TPSA) is 86.1 Å².